The molecule has 2 aromatic rings. The second kappa shape index (κ2) is 4.14. The van der Waals surface area contributed by atoms with E-state index < -0.39 is 0 Å². The van der Waals surface area contributed by atoms with Crippen LogP contribution in [0.25, 0.3) is 0 Å². The maximum Gasteiger partial charge on any atom is 0.239 e. The lowest BCUT2D eigenvalue weighted by molar-refractivity contribution is 0.461. The summed E-state index contributed by atoms with van der Waals surface area (Å²) >= 11 is 5.74. The third-order valence-electron chi connectivity index (χ3n) is 1.67. The van der Waals surface area contributed by atoms with Crippen LogP contribution in [-0.4, -0.2) is 9.97 Å². The first-order valence-corrected chi connectivity index (χ1v) is 4.63. The first kappa shape index (κ1) is 9.73. The molecule has 2 N–H and O–H groups in total. The Bertz CT molecular complexity index is 458. The van der Waals surface area contributed by atoms with Crippen molar-refractivity contribution in [2.45, 2.75) is 0 Å². The summed E-state index contributed by atoms with van der Waals surface area (Å²) in [6.45, 7) is 0. The van der Waals surface area contributed by atoms with E-state index >= 15 is 0 Å². The average Bonchev–Trinajstić information content (AvgIpc) is 2.22. The highest BCUT2D eigenvalue weighted by Gasteiger charge is 1.99. The summed E-state index contributed by atoms with van der Waals surface area (Å²) in [4.78, 5) is 7.81. The largest absolute Gasteiger partial charge is 0.437 e. The molecule has 1 aromatic heterocycles. The predicted octanol–water partition coefficient (Wildman–Crippen LogP) is 2.50. The lowest BCUT2D eigenvalue weighted by Crippen LogP contribution is -1.94. The number of anilines is 1. The van der Waals surface area contributed by atoms with E-state index in [1.54, 1.807) is 24.3 Å². The van der Waals surface area contributed by atoms with Crippen LogP contribution in [0.5, 0.6) is 11.6 Å². The van der Waals surface area contributed by atoms with E-state index in [0.717, 1.165) is 0 Å². The van der Waals surface area contributed by atoms with Crippen molar-refractivity contribution in [1.29, 1.82) is 0 Å². The van der Waals surface area contributed by atoms with Gasteiger partial charge in [-0.1, -0.05) is 11.6 Å². The zero-order valence-corrected chi connectivity index (χ0v) is 8.48. The van der Waals surface area contributed by atoms with Crippen molar-refractivity contribution in [2.24, 2.45) is 0 Å². The van der Waals surface area contributed by atoms with Crippen LogP contribution in [0.1, 0.15) is 0 Å². The fraction of sp³-hybridized carbons (Fsp3) is 0. The molecule has 0 aliphatic carbocycles. The Morgan fingerprint density at radius 3 is 2.53 bits per heavy atom. The number of nitrogens with zero attached hydrogens (tertiary/aromatic N) is 2. The predicted molar refractivity (Wildman–Crippen MR) is 58.0 cm³/mol. The lowest BCUT2D eigenvalue weighted by atomic mass is 10.3. The monoisotopic (exact) mass is 221 g/mol. The molecular weight excluding hydrogens is 214 g/mol. The van der Waals surface area contributed by atoms with Crippen LogP contribution < -0.4 is 10.5 Å². The number of rotatable bonds is 2. The quantitative estimate of drug-likeness (QED) is 0.847. The third-order valence-corrected chi connectivity index (χ3v) is 1.92. The summed E-state index contributed by atoms with van der Waals surface area (Å²) in [5, 5.41) is 0.654. The van der Waals surface area contributed by atoms with Gasteiger partial charge < -0.3 is 10.5 Å². The van der Waals surface area contributed by atoms with Gasteiger partial charge in [0.15, 0.2) is 0 Å². The van der Waals surface area contributed by atoms with Gasteiger partial charge in [-0.15, -0.1) is 0 Å². The number of ether oxygens (including phenoxy) is 1. The van der Waals surface area contributed by atoms with E-state index in [0.29, 0.717) is 22.5 Å². The maximum atomic E-state index is 5.74. The molecule has 0 atom stereocenters. The van der Waals surface area contributed by atoms with Crippen molar-refractivity contribution in [2.75, 3.05) is 5.73 Å². The molecular formula is C10H8ClN3O. The van der Waals surface area contributed by atoms with Crippen LogP contribution in [0.3, 0.4) is 0 Å². The second-order valence-electron chi connectivity index (χ2n) is 2.84. The van der Waals surface area contributed by atoms with Crippen LogP contribution in [0.15, 0.2) is 36.7 Å². The van der Waals surface area contributed by atoms with Crippen LogP contribution in [0, 0.1) is 0 Å². The maximum absolute atomic E-state index is 5.74. The van der Waals surface area contributed by atoms with E-state index in [9.17, 15) is 0 Å². The van der Waals surface area contributed by atoms with Crippen LogP contribution >= 0.6 is 11.6 Å². The number of benzene rings is 1. The van der Waals surface area contributed by atoms with Gasteiger partial charge in [0.25, 0.3) is 0 Å². The molecule has 0 bridgehead atoms. The summed E-state index contributed by atoms with van der Waals surface area (Å²) in [5.74, 6) is 1.32. The Morgan fingerprint density at radius 1 is 1.13 bits per heavy atom. The molecule has 5 heteroatoms. The van der Waals surface area contributed by atoms with Crippen molar-refractivity contribution in [3.8, 4) is 11.6 Å². The van der Waals surface area contributed by atoms with Crippen molar-refractivity contribution < 1.29 is 4.74 Å². The molecule has 0 radical (unpaired) electrons. The highest BCUT2D eigenvalue weighted by atomic mass is 35.5. The van der Waals surface area contributed by atoms with E-state index in [4.69, 9.17) is 22.1 Å². The first-order valence-electron chi connectivity index (χ1n) is 4.25. The molecule has 0 saturated heterocycles. The van der Waals surface area contributed by atoms with Gasteiger partial charge in [0, 0.05) is 5.02 Å². The molecule has 0 fully saturated rings. The number of hydrogen-bond acceptors (Lipinski definition) is 4. The highest BCUT2D eigenvalue weighted by molar-refractivity contribution is 6.30. The molecule has 15 heavy (non-hydrogen) atoms. The van der Waals surface area contributed by atoms with Gasteiger partial charge in [0.05, 0.1) is 12.4 Å². The van der Waals surface area contributed by atoms with Gasteiger partial charge >= 0.3 is 0 Å². The van der Waals surface area contributed by atoms with Crippen molar-refractivity contribution in [3.05, 3.63) is 41.7 Å². The van der Waals surface area contributed by atoms with E-state index in [1.807, 2.05) is 0 Å². The fourth-order valence-corrected chi connectivity index (χ4v) is 1.16. The van der Waals surface area contributed by atoms with Crippen LogP contribution in [0.2, 0.25) is 5.02 Å². The second-order valence-corrected chi connectivity index (χ2v) is 3.27. The van der Waals surface area contributed by atoms with Gasteiger partial charge in [-0.2, -0.15) is 4.98 Å². The molecule has 0 spiro atoms. The number of aromatic nitrogens is 2. The zero-order valence-electron chi connectivity index (χ0n) is 7.72. The van der Waals surface area contributed by atoms with Gasteiger partial charge in [0.1, 0.15) is 11.6 Å². The minimum absolute atomic E-state index is 0.321. The Morgan fingerprint density at radius 2 is 1.87 bits per heavy atom. The molecule has 1 aromatic carbocycles. The van der Waals surface area contributed by atoms with Crippen molar-refractivity contribution >= 4 is 17.4 Å². The van der Waals surface area contributed by atoms with Gasteiger partial charge in [-0.05, 0) is 24.3 Å². The standard InChI is InChI=1S/C10H8ClN3O/c11-7-1-3-8(4-2-7)15-10-6-13-5-9(12)14-10/h1-6H,(H2,12,14). The lowest BCUT2D eigenvalue weighted by Gasteiger charge is -2.03. The average molecular weight is 222 g/mol. The summed E-state index contributed by atoms with van der Waals surface area (Å²) in [6.07, 6.45) is 2.94. The molecule has 0 unspecified atom stereocenters. The van der Waals surface area contributed by atoms with Gasteiger partial charge in [0.2, 0.25) is 5.88 Å². The number of hydrogen-bond donors (Lipinski definition) is 1. The minimum Gasteiger partial charge on any atom is -0.437 e. The van der Waals surface area contributed by atoms with Crippen LogP contribution in [0.4, 0.5) is 5.82 Å². The molecule has 4 nitrogen and oxygen atoms in total. The summed E-state index contributed by atoms with van der Waals surface area (Å²) < 4.78 is 5.40. The van der Waals surface area contributed by atoms with E-state index in [2.05, 4.69) is 9.97 Å². The molecule has 2 rings (SSSR count). The number of nitrogens with two attached hydrogens (primary N) is 1. The van der Waals surface area contributed by atoms with E-state index in [1.165, 1.54) is 12.4 Å². The molecule has 0 saturated carbocycles. The molecule has 0 aliphatic heterocycles. The normalized spacial score (nSPS) is 9.93. The third kappa shape index (κ3) is 2.57. The minimum atomic E-state index is 0.321. The van der Waals surface area contributed by atoms with Crippen molar-refractivity contribution in [1.82, 2.24) is 9.97 Å². The molecule has 76 valence electrons. The SMILES string of the molecule is Nc1cncc(Oc2ccc(Cl)cc2)n1. The zero-order chi connectivity index (χ0) is 10.7. The molecule has 1 heterocycles. The van der Waals surface area contributed by atoms with Gasteiger partial charge in [-0.25, -0.2) is 0 Å². The first-order chi connectivity index (χ1) is 7.24. The summed E-state index contributed by atoms with van der Waals surface area (Å²) in [6, 6.07) is 6.95. The number of halogens is 1. The van der Waals surface area contributed by atoms with Crippen molar-refractivity contribution in [3.63, 3.8) is 0 Å². The molecule has 0 aliphatic rings. The Kier molecular flexibility index (Phi) is 2.69. The van der Waals surface area contributed by atoms with E-state index in [-0.39, 0.29) is 0 Å². The Labute approximate surface area is 91.7 Å². The highest BCUT2D eigenvalue weighted by Crippen LogP contribution is 2.21. The topological polar surface area (TPSA) is 61.0 Å². The number of nitrogen functional groups attached to an aromatic ring is 1. The Balaban J connectivity index is 2.18. The fourth-order valence-electron chi connectivity index (χ4n) is 1.03. The van der Waals surface area contributed by atoms with Crippen LogP contribution in [-0.2, 0) is 0 Å². The Hall–Kier alpha value is -1.81. The summed E-state index contributed by atoms with van der Waals surface area (Å²) in [5.41, 5.74) is 5.46. The molecule has 0 amide bonds. The van der Waals surface area contributed by atoms with Gasteiger partial charge in [-0.3, -0.25) is 4.98 Å². The smallest absolute Gasteiger partial charge is 0.239 e. The summed E-state index contributed by atoms with van der Waals surface area (Å²) in [7, 11) is 0.